The lowest BCUT2D eigenvalue weighted by Gasteiger charge is -2.25. The number of benzene rings is 1. The third-order valence-corrected chi connectivity index (χ3v) is 4.75. The average Bonchev–Trinajstić information content (AvgIpc) is 3.06. The smallest absolute Gasteiger partial charge is 0.332 e. The first-order chi connectivity index (χ1) is 10.5. The molecule has 116 valence electrons. The third kappa shape index (κ3) is 2.08. The summed E-state index contributed by atoms with van der Waals surface area (Å²) in [5.74, 6) is -0.765. The summed E-state index contributed by atoms with van der Waals surface area (Å²) in [5.41, 5.74) is 1.44. The Hall–Kier alpha value is -2.30. The van der Waals surface area contributed by atoms with Crippen molar-refractivity contribution < 1.29 is 9.90 Å². The van der Waals surface area contributed by atoms with Gasteiger partial charge in [-0.15, -0.1) is 0 Å². The van der Waals surface area contributed by atoms with Gasteiger partial charge in [-0.05, 0) is 37.5 Å². The van der Waals surface area contributed by atoms with Gasteiger partial charge in [0, 0.05) is 18.9 Å². The van der Waals surface area contributed by atoms with Crippen LogP contribution in [0.3, 0.4) is 0 Å². The molecule has 0 bridgehead atoms. The van der Waals surface area contributed by atoms with Gasteiger partial charge in [0.25, 0.3) is 0 Å². The van der Waals surface area contributed by atoms with Crippen LogP contribution in [0.2, 0.25) is 0 Å². The molecule has 1 fully saturated rings. The monoisotopic (exact) mass is 300 g/mol. The summed E-state index contributed by atoms with van der Waals surface area (Å²) in [6.45, 7) is 1.87. The summed E-state index contributed by atoms with van der Waals surface area (Å²) in [7, 11) is 1.71. The molecule has 5 nitrogen and oxygen atoms in total. The minimum Gasteiger partial charge on any atom is -0.481 e. The molecule has 2 aromatic rings. The molecule has 1 N–H and O–H groups in total. The van der Waals surface area contributed by atoms with Crippen molar-refractivity contribution in [3.05, 3.63) is 52.2 Å². The third-order valence-electron chi connectivity index (χ3n) is 4.75. The summed E-state index contributed by atoms with van der Waals surface area (Å²) >= 11 is 0. The second-order valence-corrected chi connectivity index (χ2v) is 6.14. The topological polar surface area (TPSA) is 64.2 Å². The van der Waals surface area contributed by atoms with E-state index in [4.69, 9.17) is 0 Å². The number of carbonyl (C=O) groups is 1. The van der Waals surface area contributed by atoms with Crippen LogP contribution in [0.1, 0.15) is 36.9 Å². The van der Waals surface area contributed by atoms with Crippen LogP contribution in [0.25, 0.3) is 5.69 Å². The molecule has 0 atom stereocenters. The lowest BCUT2D eigenvalue weighted by Crippen LogP contribution is -2.32. The van der Waals surface area contributed by atoms with Crippen LogP contribution in [-0.4, -0.2) is 20.2 Å². The zero-order chi connectivity index (χ0) is 15.9. The predicted molar refractivity (Wildman–Crippen MR) is 83.5 cm³/mol. The van der Waals surface area contributed by atoms with E-state index < -0.39 is 11.4 Å². The Balaban J connectivity index is 2.14. The Labute approximate surface area is 128 Å². The Kier molecular flexibility index (Phi) is 3.43. The van der Waals surface area contributed by atoms with Crippen LogP contribution in [0.15, 0.2) is 35.3 Å². The number of nitrogens with zero attached hydrogens (tertiary/aromatic N) is 2. The van der Waals surface area contributed by atoms with E-state index in [0.29, 0.717) is 12.8 Å². The van der Waals surface area contributed by atoms with Gasteiger partial charge in [-0.3, -0.25) is 9.36 Å². The fourth-order valence-corrected chi connectivity index (χ4v) is 3.56. The van der Waals surface area contributed by atoms with E-state index >= 15 is 0 Å². The Morgan fingerprint density at radius 1 is 1.27 bits per heavy atom. The number of imidazole rings is 1. The molecule has 0 radical (unpaired) electrons. The number of carboxylic acids is 1. The molecule has 0 spiro atoms. The van der Waals surface area contributed by atoms with E-state index in [2.05, 4.69) is 0 Å². The van der Waals surface area contributed by atoms with Gasteiger partial charge in [-0.25, -0.2) is 4.79 Å². The van der Waals surface area contributed by atoms with E-state index in [1.165, 1.54) is 4.57 Å². The Morgan fingerprint density at radius 3 is 2.50 bits per heavy atom. The molecule has 1 aliphatic carbocycles. The van der Waals surface area contributed by atoms with Gasteiger partial charge in [-0.2, -0.15) is 0 Å². The maximum absolute atomic E-state index is 12.2. The summed E-state index contributed by atoms with van der Waals surface area (Å²) in [6, 6.07) is 7.41. The Bertz CT molecular complexity index is 779. The molecule has 22 heavy (non-hydrogen) atoms. The van der Waals surface area contributed by atoms with Crippen molar-refractivity contribution in [2.75, 3.05) is 0 Å². The normalized spacial score (nSPS) is 16.8. The predicted octanol–water partition coefficient (Wildman–Crippen LogP) is 2.38. The van der Waals surface area contributed by atoms with Crippen LogP contribution < -0.4 is 5.69 Å². The van der Waals surface area contributed by atoms with E-state index in [0.717, 1.165) is 29.8 Å². The number of hydrogen-bond donors (Lipinski definition) is 1. The molecule has 3 rings (SSSR count). The van der Waals surface area contributed by atoms with Gasteiger partial charge in [0.15, 0.2) is 0 Å². The van der Waals surface area contributed by atoms with E-state index in [1.807, 2.05) is 31.2 Å². The number of aromatic nitrogens is 2. The summed E-state index contributed by atoms with van der Waals surface area (Å²) < 4.78 is 3.15. The maximum Gasteiger partial charge on any atom is 0.332 e. The lowest BCUT2D eigenvalue weighted by atomic mass is 9.79. The molecule has 0 saturated heterocycles. The fourth-order valence-electron chi connectivity index (χ4n) is 3.56. The van der Waals surface area contributed by atoms with Crippen molar-refractivity contribution in [2.45, 2.75) is 38.0 Å². The summed E-state index contributed by atoms with van der Waals surface area (Å²) in [5, 5.41) is 9.72. The van der Waals surface area contributed by atoms with Crippen LogP contribution in [0.4, 0.5) is 0 Å². The Morgan fingerprint density at radius 2 is 1.95 bits per heavy atom. The molecule has 0 unspecified atom stereocenters. The number of aliphatic carboxylic acids is 1. The second kappa shape index (κ2) is 5.16. The van der Waals surface area contributed by atoms with Crippen molar-refractivity contribution in [1.29, 1.82) is 0 Å². The fraction of sp³-hybridized carbons (Fsp3) is 0.412. The van der Waals surface area contributed by atoms with Gasteiger partial charge in [0.05, 0.1) is 11.1 Å². The van der Waals surface area contributed by atoms with Crippen LogP contribution >= 0.6 is 0 Å². The van der Waals surface area contributed by atoms with Crippen molar-refractivity contribution in [3.8, 4) is 5.69 Å². The van der Waals surface area contributed by atoms with Gasteiger partial charge >= 0.3 is 11.7 Å². The molecule has 1 aliphatic rings. The number of rotatable bonds is 3. The molecule has 1 aromatic heterocycles. The quantitative estimate of drug-likeness (QED) is 0.946. The van der Waals surface area contributed by atoms with Crippen LogP contribution in [0, 0.1) is 6.92 Å². The highest BCUT2D eigenvalue weighted by molar-refractivity contribution is 5.82. The zero-order valence-electron chi connectivity index (χ0n) is 12.9. The molecule has 0 aliphatic heterocycles. The summed E-state index contributed by atoms with van der Waals surface area (Å²) in [4.78, 5) is 24.1. The number of hydrogen-bond acceptors (Lipinski definition) is 2. The largest absolute Gasteiger partial charge is 0.481 e. The molecular formula is C17H20N2O3. The van der Waals surface area contributed by atoms with E-state index in [1.54, 1.807) is 17.8 Å². The molecule has 1 saturated carbocycles. The van der Waals surface area contributed by atoms with Crippen molar-refractivity contribution in [3.63, 3.8) is 0 Å². The first kappa shape index (κ1) is 14.6. The molecular weight excluding hydrogens is 280 g/mol. The molecule has 1 aromatic carbocycles. The average molecular weight is 300 g/mol. The maximum atomic E-state index is 12.2. The van der Waals surface area contributed by atoms with Crippen LogP contribution in [-0.2, 0) is 17.3 Å². The van der Waals surface area contributed by atoms with Gasteiger partial charge in [-0.1, -0.05) is 25.0 Å². The first-order valence-corrected chi connectivity index (χ1v) is 7.55. The summed E-state index contributed by atoms with van der Waals surface area (Å²) in [6.07, 6.45) is 4.96. The highest BCUT2D eigenvalue weighted by Gasteiger charge is 2.43. The van der Waals surface area contributed by atoms with Crippen molar-refractivity contribution in [2.24, 2.45) is 7.05 Å². The van der Waals surface area contributed by atoms with Gasteiger partial charge in [0.1, 0.15) is 0 Å². The van der Waals surface area contributed by atoms with E-state index in [-0.39, 0.29) is 5.69 Å². The second-order valence-electron chi connectivity index (χ2n) is 6.14. The SMILES string of the molecule is Cc1cn(C)c(=O)n1-c1cccc(C2(C(=O)O)CCCC2)c1. The lowest BCUT2D eigenvalue weighted by molar-refractivity contribution is -0.143. The standard InChI is InChI=1S/C17H20N2O3/c1-12-11-18(2)16(22)19(12)14-7-5-6-13(10-14)17(15(20)21)8-3-4-9-17/h5-7,10-11H,3-4,8-9H2,1-2H3,(H,20,21). The van der Waals surface area contributed by atoms with Crippen molar-refractivity contribution in [1.82, 2.24) is 9.13 Å². The van der Waals surface area contributed by atoms with Gasteiger partial charge < -0.3 is 9.67 Å². The first-order valence-electron chi connectivity index (χ1n) is 7.55. The van der Waals surface area contributed by atoms with Gasteiger partial charge in [0.2, 0.25) is 0 Å². The number of carboxylic acid groups (broad SMARTS) is 1. The van der Waals surface area contributed by atoms with E-state index in [9.17, 15) is 14.7 Å². The molecule has 0 amide bonds. The molecule has 5 heteroatoms. The number of aryl methyl sites for hydroxylation is 2. The highest BCUT2D eigenvalue weighted by atomic mass is 16.4. The minimum absolute atomic E-state index is 0.120. The minimum atomic E-state index is -0.803. The van der Waals surface area contributed by atoms with Crippen LogP contribution in [0.5, 0.6) is 0 Å². The highest BCUT2D eigenvalue weighted by Crippen LogP contribution is 2.41. The van der Waals surface area contributed by atoms with Crippen molar-refractivity contribution >= 4 is 5.97 Å². The molecule has 1 heterocycles. The zero-order valence-corrected chi connectivity index (χ0v) is 12.9.